The highest BCUT2D eigenvalue weighted by Crippen LogP contribution is 2.27. The zero-order valence-electron chi connectivity index (χ0n) is 12.5. The van der Waals surface area contributed by atoms with E-state index in [-0.39, 0.29) is 30.1 Å². The lowest BCUT2D eigenvalue weighted by atomic mass is 10.2. The first-order chi connectivity index (χ1) is 10.5. The van der Waals surface area contributed by atoms with Crippen LogP contribution in [0.4, 0.5) is 0 Å². The van der Waals surface area contributed by atoms with Crippen LogP contribution in [-0.2, 0) is 9.53 Å². The molecular formula is C15H18N2O5. The molecule has 118 valence electrons. The van der Waals surface area contributed by atoms with Crippen LogP contribution in [0.2, 0.25) is 0 Å². The van der Waals surface area contributed by atoms with Crippen LogP contribution >= 0.6 is 0 Å². The van der Waals surface area contributed by atoms with Crippen LogP contribution in [0.3, 0.4) is 0 Å². The van der Waals surface area contributed by atoms with Crippen LogP contribution in [0.1, 0.15) is 38.5 Å². The van der Waals surface area contributed by atoms with Crippen molar-refractivity contribution >= 4 is 5.97 Å². The monoisotopic (exact) mass is 306 g/mol. The van der Waals surface area contributed by atoms with Crippen molar-refractivity contribution in [1.82, 2.24) is 9.55 Å². The number of carbonyl (C=O) groups excluding carboxylic acids is 1. The summed E-state index contributed by atoms with van der Waals surface area (Å²) in [5, 5.41) is 9.08. The smallest absolute Gasteiger partial charge is 0.353 e. The average Bonchev–Trinajstić information content (AvgIpc) is 2.96. The van der Waals surface area contributed by atoms with Gasteiger partial charge in [-0.25, -0.2) is 4.79 Å². The van der Waals surface area contributed by atoms with Crippen molar-refractivity contribution in [3.8, 4) is 18.2 Å². The summed E-state index contributed by atoms with van der Waals surface area (Å²) in [5.74, 6) is 1.31. The fraction of sp³-hybridized carbons (Fsp3) is 0.533. The molecule has 2 rings (SSSR count). The fourth-order valence-corrected chi connectivity index (χ4v) is 2.08. The second kappa shape index (κ2) is 6.73. The fourth-order valence-electron chi connectivity index (χ4n) is 2.08. The van der Waals surface area contributed by atoms with E-state index in [0.717, 1.165) is 0 Å². The second-order valence-electron chi connectivity index (χ2n) is 5.34. The molecule has 2 heterocycles. The van der Waals surface area contributed by atoms with Gasteiger partial charge in [-0.2, -0.15) is 4.98 Å². The summed E-state index contributed by atoms with van der Waals surface area (Å²) >= 11 is 0. The van der Waals surface area contributed by atoms with Crippen LogP contribution in [0.15, 0.2) is 11.0 Å². The molecule has 0 spiro atoms. The van der Waals surface area contributed by atoms with E-state index in [1.54, 1.807) is 13.8 Å². The minimum absolute atomic E-state index is 0.106. The maximum Gasteiger partial charge on any atom is 0.353 e. The van der Waals surface area contributed by atoms with Crippen molar-refractivity contribution in [1.29, 1.82) is 0 Å². The van der Waals surface area contributed by atoms with Gasteiger partial charge in [-0.05, 0) is 12.8 Å². The van der Waals surface area contributed by atoms with Gasteiger partial charge in [0.05, 0.1) is 18.6 Å². The van der Waals surface area contributed by atoms with Gasteiger partial charge < -0.3 is 14.6 Å². The summed E-state index contributed by atoms with van der Waals surface area (Å²) in [6.07, 6.45) is 7.17. The highest BCUT2D eigenvalue weighted by Gasteiger charge is 2.28. The van der Waals surface area contributed by atoms with E-state index in [0.29, 0.717) is 12.8 Å². The molecule has 0 aromatic carbocycles. The Balaban J connectivity index is 2.30. The molecule has 0 radical (unpaired) electrons. The van der Waals surface area contributed by atoms with Gasteiger partial charge in [0, 0.05) is 6.20 Å². The Morgan fingerprint density at radius 1 is 1.64 bits per heavy atom. The zero-order chi connectivity index (χ0) is 16.3. The SMILES string of the molecule is C#Cc1cn(C2CCC(CO)O2)c(=O)nc1OC(=O)C(C)C. The van der Waals surface area contributed by atoms with Crippen molar-refractivity contribution in [3.05, 3.63) is 22.2 Å². The Hall–Kier alpha value is -2.17. The molecule has 2 atom stereocenters. The molecule has 1 fully saturated rings. The highest BCUT2D eigenvalue weighted by atomic mass is 16.5. The highest BCUT2D eigenvalue weighted by molar-refractivity contribution is 5.74. The largest absolute Gasteiger partial charge is 0.406 e. The minimum Gasteiger partial charge on any atom is -0.406 e. The summed E-state index contributed by atoms with van der Waals surface area (Å²) in [6, 6.07) is 0. The summed E-state index contributed by atoms with van der Waals surface area (Å²) in [4.78, 5) is 27.5. The maximum atomic E-state index is 12.1. The maximum absolute atomic E-state index is 12.1. The van der Waals surface area contributed by atoms with Gasteiger partial charge in [0.15, 0.2) is 0 Å². The van der Waals surface area contributed by atoms with Crippen LogP contribution in [0.5, 0.6) is 5.88 Å². The van der Waals surface area contributed by atoms with Crippen LogP contribution in [-0.4, -0.2) is 33.3 Å². The van der Waals surface area contributed by atoms with E-state index in [2.05, 4.69) is 10.9 Å². The first-order valence-corrected chi connectivity index (χ1v) is 7.04. The topological polar surface area (TPSA) is 90.7 Å². The Kier molecular flexibility index (Phi) is 4.96. The van der Waals surface area contributed by atoms with Gasteiger partial charge in [0.25, 0.3) is 0 Å². The van der Waals surface area contributed by atoms with Gasteiger partial charge >= 0.3 is 11.7 Å². The zero-order valence-corrected chi connectivity index (χ0v) is 12.5. The molecule has 1 saturated heterocycles. The number of rotatable bonds is 4. The number of hydrogen-bond donors (Lipinski definition) is 1. The number of nitrogens with zero attached hydrogens (tertiary/aromatic N) is 2. The quantitative estimate of drug-likeness (QED) is 0.642. The lowest BCUT2D eigenvalue weighted by molar-refractivity contribution is -0.138. The molecule has 0 saturated carbocycles. The van der Waals surface area contributed by atoms with Crippen molar-refractivity contribution in [2.45, 2.75) is 39.0 Å². The Labute approximate surface area is 127 Å². The molecule has 22 heavy (non-hydrogen) atoms. The first-order valence-electron chi connectivity index (χ1n) is 7.04. The van der Waals surface area contributed by atoms with Gasteiger partial charge in [0.2, 0.25) is 5.88 Å². The van der Waals surface area contributed by atoms with Crippen LogP contribution in [0, 0.1) is 18.3 Å². The first kappa shape index (κ1) is 16.2. The summed E-state index contributed by atoms with van der Waals surface area (Å²) < 4.78 is 11.8. The number of carbonyl (C=O) groups is 1. The number of aliphatic hydroxyl groups excluding tert-OH is 1. The molecule has 7 heteroatoms. The van der Waals surface area contributed by atoms with E-state index in [1.807, 2.05) is 0 Å². The molecule has 0 bridgehead atoms. The molecule has 7 nitrogen and oxygen atoms in total. The molecular weight excluding hydrogens is 288 g/mol. The van der Waals surface area contributed by atoms with Crippen molar-refractivity contribution < 1.29 is 19.4 Å². The van der Waals surface area contributed by atoms with Crippen molar-refractivity contribution in [3.63, 3.8) is 0 Å². The molecule has 1 N–H and O–H groups in total. The van der Waals surface area contributed by atoms with E-state index in [9.17, 15) is 9.59 Å². The third-order valence-electron chi connectivity index (χ3n) is 3.34. The predicted molar refractivity (Wildman–Crippen MR) is 77.1 cm³/mol. The predicted octanol–water partition coefficient (Wildman–Crippen LogP) is 0.456. The summed E-state index contributed by atoms with van der Waals surface area (Å²) in [7, 11) is 0. The summed E-state index contributed by atoms with van der Waals surface area (Å²) in [5.41, 5.74) is -0.418. The minimum atomic E-state index is -0.617. The van der Waals surface area contributed by atoms with Crippen LogP contribution < -0.4 is 10.4 Å². The van der Waals surface area contributed by atoms with E-state index in [1.165, 1.54) is 10.8 Å². The Bertz CT molecular complexity index is 659. The van der Waals surface area contributed by atoms with E-state index < -0.39 is 17.9 Å². The molecule has 1 aliphatic heterocycles. The lowest BCUT2D eigenvalue weighted by Gasteiger charge is -2.16. The Morgan fingerprint density at radius 3 is 2.91 bits per heavy atom. The third kappa shape index (κ3) is 3.35. The van der Waals surface area contributed by atoms with Crippen LogP contribution in [0.25, 0.3) is 0 Å². The van der Waals surface area contributed by atoms with Crippen molar-refractivity contribution in [2.75, 3.05) is 6.61 Å². The number of terminal acetylenes is 1. The number of aromatic nitrogens is 2. The average molecular weight is 306 g/mol. The van der Waals surface area contributed by atoms with Gasteiger partial charge in [-0.15, -0.1) is 6.42 Å². The van der Waals surface area contributed by atoms with E-state index in [4.69, 9.17) is 21.0 Å². The van der Waals surface area contributed by atoms with Crippen molar-refractivity contribution in [2.24, 2.45) is 5.92 Å². The number of ether oxygens (including phenoxy) is 2. The number of hydrogen-bond acceptors (Lipinski definition) is 6. The van der Waals surface area contributed by atoms with E-state index >= 15 is 0 Å². The number of aliphatic hydroxyl groups is 1. The Morgan fingerprint density at radius 2 is 2.36 bits per heavy atom. The molecule has 1 aromatic heterocycles. The second-order valence-corrected chi connectivity index (χ2v) is 5.34. The molecule has 1 aliphatic rings. The molecule has 0 aliphatic carbocycles. The summed E-state index contributed by atoms with van der Waals surface area (Å²) in [6.45, 7) is 3.23. The molecule has 1 aromatic rings. The molecule has 0 amide bonds. The third-order valence-corrected chi connectivity index (χ3v) is 3.34. The normalized spacial score (nSPS) is 20.9. The number of esters is 1. The standard InChI is InChI=1S/C15H18N2O5/c1-4-10-7-17(12-6-5-11(8-18)21-12)15(20)16-13(10)22-14(19)9(2)3/h1,7,9,11-12,18H,5-6,8H2,2-3H3. The lowest BCUT2D eigenvalue weighted by Crippen LogP contribution is -2.29. The molecule has 2 unspecified atom stereocenters. The van der Waals surface area contributed by atoms with Gasteiger partial charge in [-0.3, -0.25) is 9.36 Å². The van der Waals surface area contributed by atoms with Gasteiger partial charge in [-0.1, -0.05) is 19.8 Å². The van der Waals surface area contributed by atoms with Gasteiger partial charge in [0.1, 0.15) is 11.8 Å².